The van der Waals surface area contributed by atoms with Crippen LogP contribution in [-0.2, 0) is 9.59 Å². The van der Waals surface area contributed by atoms with Crippen LogP contribution in [0.5, 0.6) is 0 Å². The van der Waals surface area contributed by atoms with Gasteiger partial charge in [0.25, 0.3) is 0 Å². The third-order valence-corrected chi connectivity index (χ3v) is 7.96. The zero-order chi connectivity index (χ0) is 16.4. The lowest BCUT2D eigenvalue weighted by Crippen LogP contribution is -2.49. The van der Waals surface area contributed by atoms with Crippen LogP contribution >= 0.6 is 0 Å². The summed E-state index contributed by atoms with van der Waals surface area (Å²) < 4.78 is 0. The number of rotatable bonds is 0. The molecule has 0 bridgehead atoms. The first-order valence-electron chi connectivity index (χ1n) is 9.34. The maximum Gasteiger partial charge on any atom is 0.159 e. The van der Waals surface area contributed by atoms with Crippen molar-refractivity contribution in [1.82, 2.24) is 0 Å². The molecule has 5 atom stereocenters. The number of allylic oxidation sites excluding steroid dienone is 3. The van der Waals surface area contributed by atoms with Gasteiger partial charge >= 0.3 is 0 Å². The fourth-order valence-electron chi connectivity index (χ4n) is 6.71. The minimum Gasteiger partial charge on any atom is -0.295 e. The first-order valence-corrected chi connectivity index (χ1v) is 9.34. The maximum absolute atomic E-state index is 12.5. The third kappa shape index (κ3) is 1.93. The topological polar surface area (TPSA) is 34.1 Å². The van der Waals surface area contributed by atoms with Gasteiger partial charge in [0.1, 0.15) is 0 Å². The number of carbonyl (C=O) groups is 2. The van der Waals surface area contributed by atoms with Crippen molar-refractivity contribution in [2.75, 3.05) is 0 Å². The molecule has 3 fully saturated rings. The van der Waals surface area contributed by atoms with Crippen molar-refractivity contribution in [2.24, 2.45) is 28.6 Å². The molecule has 2 heteroatoms. The van der Waals surface area contributed by atoms with E-state index < -0.39 is 0 Å². The summed E-state index contributed by atoms with van der Waals surface area (Å²) in [6, 6.07) is 0. The highest BCUT2D eigenvalue weighted by Gasteiger charge is 2.59. The predicted molar refractivity (Wildman–Crippen MR) is 90.9 cm³/mol. The van der Waals surface area contributed by atoms with Crippen LogP contribution in [0.1, 0.15) is 65.7 Å². The number of hydrogen-bond donors (Lipinski definition) is 0. The number of carbonyl (C=O) groups excluding carboxylic acids is 2. The lowest BCUT2D eigenvalue weighted by molar-refractivity contribution is -0.117. The molecule has 23 heavy (non-hydrogen) atoms. The van der Waals surface area contributed by atoms with Gasteiger partial charge in [-0.3, -0.25) is 9.59 Å². The summed E-state index contributed by atoms with van der Waals surface area (Å²) in [6.45, 7) is 6.77. The van der Waals surface area contributed by atoms with Crippen molar-refractivity contribution in [3.8, 4) is 0 Å². The van der Waals surface area contributed by atoms with E-state index in [-0.39, 0.29) is 10.8 Å². The van der Waals surface area contributed by atoms with E-state index in [1.54, 1.807) is 0 Å². The van der Waals surface area contributed by atoms with Gasteiger partial charge in [-0.2, -0.15) is 0 Å². The Bertz CT molecular complexity index is 640. The Kier molecular flexibility index (Phi) is 3.28. The Balaban J connectivity index is 1.72. The molecule has 0 amide bonds. The van der Waals surface area contributed by atoms with Crippen molar-refractivity contribution < 1.29 is 9.59 Å². The van der Waals surface area contributed by atoms with E-state index in [0.717, 1.165) is 31.3 Å². The van der Waals surface area contributed by atoms with Crippen molar-refractivity contribution in [3.63, 3.8) is 0 Å². The molecule has 0 aromatic carbocycles. The molecular weight excluding hydrogens is 284 g/mol. The largest absolute Gasteiger partial charge is 0.295 e. The molecule has 4 aliphatic rings. The van der Waals surface area contributed by atoms with E-state index in [0.29, 0.717) is 35.7 Å². The fraction of sp³-hybridized carbons (Fsp3) is 0.714. The molecule has 0 N–H and O–H groups in total. The number of hydrogen-bond acceptors (Lipinski definition) is 2. The summed E-state index contributed by atoms with van der Waals surface area (Å²) in [5.41, 5.74) is 2.83. The second-order valence-corrected chi connectivity index (χ2v) is 8.75. The third-order valence-electron chi connectivity index (χ3n) is 7.96. The molecule has 124 valence electrons. The Morgan fingerprint density at radius 2 is 1.83 bits per heavy atom. The van der Waals surface area contributed by atoms with Crippen LogP contribution in [0, 0.1) is 28.6 Å². The molecule has 0 aromatic heterocycles. The van der Waals surface area contributed by atoms with E-state index in [1.807, 2.05) is 13.0 Å². The standard InChI is InChI=1S/C21H28O2/c1-4-16-19(23)12-18-15-6-5-13-11-14(22)7-9-20(13,2)17(15)8-10-21(16,18)3/h4,11,15,17-18H,5-10,12H2,1-3H3/b16-4-/t15-,17+,18+,20+,21+/m0/s1. The SMILES string of the molecule is C/C=C1/C(=O)C[C@@H]2[C@H]3CCC4=CC(=O)CC[C@@]4(C)[C@@H]3CC[C@]12C. The van der Waals surface area contributed by atoms with Crippen LogP contribution in [0.2, 0.25) is 0 Å². The van der Waals surface area contributed by atoms with Gasteiger partial charge in [0.2, 0.25) is 0 Å². The van der Waals surface area contributed by atoms with Crippen LogP contribution in [0.4, 0.5) is 0 Å². The second kappa shape index (κ2) is 4.91. The molecule has 4 rings (SSSR count). The van der Waals surface area contributed by atoms with Gasteiger partial charge in [-0.05, 0) is 79.3 Å². The minimum absolute atomic E-state index is 0.106. The highest BCUT2D eigenvalue weighted by Crippen LogP contribution is 2.65. The van der Waals surface area contributed by atoms with Gasteiger partial charge in [0.15, 0.2) is 11.6 Å². The lowest BCUT2D eigenvalue weighted by atomic mass is 9.47. The predicted octanol–water partition coefficient (Wildman–Crippen LogP) is 4.64. The van der Waals surface area contributed by atoms with E-state index in [4.69, 9.17) is 0 Å². The van der Waals surface area contributed by atoms with Crippen molar-refractivity contribution in [3.05, 3.63) is 23.3 Å². The summed E-state index contributed by atoms with van der Waals surface area (Å²) in [5, 5.41) is 0. The van der Waals surface area contributed by atoms with Crippen molar-refractivity contribution >= 4 is 11.6 Å². The summed E-state index contributed by atoms with van der Waals surface area (Å²) in [4.78, 5) is 24.4. The molecule has 0 radical (unpaired) electrons. The van der Waals surface area contributed by atoms with Gasteiger partial charge in [-0.1, -0.05) is 25.5 Å². The molecule has 0 heterocycles. The Morgan fingerprint density at radius 1 is 1.04 bits per heavy atom. The van der Waals surface area contributed by atoms with Gasteiger partial charge in [0, 0.05) is 12.8 Å². The number of ketones is 2. The van der Waals surface area contributed by atoms with E-state index in [2.05, 4.69) is 19.9 Å². The van der Waals surface area contributed by atoms with Gasteiger partial charge in [-0.25, -0.2) is 0 Å². The molecular formula is C21H28O2. The molecule has 0 unspecified atom stereocenters. The average Bonchev–Trinajstić information content (AvgIpc) is 2.77. The molecule has 0 saturated heterocycles. The fourth-order valence-corrected chi connectivity index (χ4v) is 6.71. The summed E-state index contributed by atoms with van der Waals surface area (Å²) in [7, 11) is 0. The molecule has 0 aromatic rings. The monoisotopic (exact) mass is 312 g/mol. The van der Waals surface area contributed by atoms with Crippen LogP contribution in [0.3, 0.4) is 0 Å². The Morgan fingerprint density at radius 3 is 2.57 bits per heavy atom. The smallest absolute Gasteiger partial charge is 0.159 e. The maximum atomic E-state index is 12.5. The normalized spacial score (nSPS) is 47.9. The Labute approximate surface area is 139 Å². The van der Waals surface area contributed by atoms with Crippen LogP contribution in [-0.4, -0.2) is 11.6 Å². The first kappa shape index (κ1) is 15.4. The van der Waals surface area contributed by atoms with Crippen LogP contribution < -0.4 is 0 Å². The van der Waals surface area contributed by atoms with E-state index in [1.165, 1.54) is 18.4 Å². The number of fused-ring (bicyclic) bond motifs is 5. The zero-order valence-corrected chi connectivity index (χ0v) is 14.7. The summed E-state index contributed by atoms with van der Waals surface area (Å²) in [5.74, 6) is 2.56. The highest BCUT2D eigenvalue weighted by molar-refractivity contribution is 5.99. The van der Waals surface area contributed by atoms with Crippen molar-refractivity contribution in [1.29, 1.82) is 0 Å². The molecule has 0 aliphatic heterocycles. The molecule has 2 nitrogen and oxygen atoms in total. The lowest BCUT2D eigenvalue weighted by Gasteiger charge is -2.57. The van der Waals surface area contributed by atoms with E-state index >= 15 is 0 Å². The summed E-state index contributed by atoms with van der Waals surface area (Å²) >= 11 is 0. The second-order valence-electron chi connectivity index (χ2n) is 8.75. The van der Waals surface area contributed by atoms with Gasteiger partial charge in [-0.15, -0.1) is 0 Å². The van der Waals surface area contributed by atoms with Crippen molar-refractivity contribution in [2.45, 2.75) is 65.7 Å². The average molecular weight is 312 g/mol. The van der Waals surface area contributed by atoms with Crippen LogP contribution in [0.15, 0.2) is 23.3 Å². The molecule has 0 spiro atoms. The van der Waals surface area contributed by atoms with E-state index in [9.17, 15) is 9.59 Å². The molecule has 3 saturated carbocycles. The first-order chi connectivity index (χ1) is 10.9. The minimum atomic E-state index is 0.106. The number of Topliss-reactive ketones (excluding diaryl/α,β-unsaturated/α-hetero) is 1. The van der Waals surface area contributed by atoms with Gasteiger partial charge < -0.3 is 0 Å². The van der Waals surface area contributed by atoms with Gasteiger partial charge in [0.05, 0.1) is 0 Å². The molecule has 4 aliphatic carbocycles. The highest BCUT2D eigenvalue weighted by atomic mass is 16.1. The zero-order valence-electron chi connectivity index (χ0n) is 14.7. The summed E-state index contributed by atoms with van der Waals surface area (Å²) in [6.07, 6.45) is 11.1. The quantitative estimate of drug-likeness (QED) is 0.610. The van der Waals surface area contributed by atoms with Crippen LogP contribution in [0.25, 0.3) is 0 Å². The Hall–Kier alpha value is -1.18.